The van der Waals surface area contributed by atoms with Crippen molar-refractivity contribution >= 4 is 22.6 Å². The zero-order valence-corrected chi connectivity index (χ0v) is 13.9. The number of aromatic nitrogens is 6. The van der Waals surface area contributed by atoms with Crippen LogP contribution in [0.1, 0.15) is 18.5 Å². The summed E-state index contributed by atoms with van der Waals surface area (Å²) in [7, 11) is 0. The third-order valence-corrected chi connectivity index (χ3v) is 4.66. The molecule has 1 fully saturated rings. The van der Waals surface area contributed by atoms with E-state index in [1.807, 2.05) is 25.3 Å². The van der Waals surface area contributed by atoms with E-state index in [-0.39, 0.29) is 18.9 Å². The highest BCUT2D eigenvalue weighted by Gasteiger charge is 2.45. The summed E-state index contributed by atoms with van der Waals surface area (Å²) in [6.45, 7) is 1.94. The molecule has 2 N–H and O–H groups in total. The molecule has 5 rings (SSSR count). The second kappa shape index (κ2) is 5.20. The summed E-state index contributed by atoms with van der Waals surface area (Å²) in [5.41, 5.74) is 4.00. The number of aromatic amines is 1. The molecular formula is C17H15F2N7. The number of alkyl halides is 2. The smallest absolute Gasteiger partial charge is 0.252 e. The molecule has 1 saturated carbocycles. The van der Waals surface area contributed by atoms with Gasteiger partial charge in [-0.25, -0.2) is 23.3 Å². The van der Waals surface area contributed by atoms with Gasteiger partial charge in [-0.2, -0.15) is 10.1 Å². The van der Waals surface area contributed by atoms with Crippen molar-refractivity contribution < 1.29 is 8.78 Å². The van der Waals surface area contributed by atoms with E-state index >= 15 is 0 Å². The molecule has 132 valence electrons. The summed E-state index contributed by atoms with van der Waals surface area (Å²) >= 11 is 0. The van der Waals surface area contributed by atoms with Gasteiger partial charge in [-0.1, -0.05) is 0 Å². The lowest BCUT2D eigenvalue weighted by molar-refractivity contribution is -0.0794. The Balaban J connectivity index is 1.48. The number of nitrogens with zero attached hydrogens (tertiary/aromatic N) is 5. The van der Waals surface area contributed by atoms with Gasteiger partial charge in [0.2, 0.25) is 5.95 Å². The zero-order valence-electron chi connectivity index (χ0n) is 13.9. The first-order valence-electron chi connectivity index (χ1n) is 8.29. The normalized spacial score (nSPS) is 16.9. The van der Waals surface area contributed by atoms with Gasteiger partial charge in [-0.05, 0) is 19.1 Å². The lowest BCUT2D eigenvalue weighted by atomic mass is 9.88. The molecule has 4 aromatic rings. The van der Waals surface area contributed by atoms with Crippen LogP contribution in [-0.4, -0.2) is 41.5 Å². The van der Waals surface area contributed by atoms with E-state index in [1.165, 1.54) is 0 Å². The molecule has 4 aromatic heterocycles. The van der Waals surface area contributed by atoms with Crippen LogP contribution in [0.4, 0.5) is 14.7 Å². The quantitative estimate of drug-likeness (QED) is 0.590. The molecule has 0 spiro atoms. The average molecular weight is 355 g/mol. The molecule has 0 radical (unpaired) electrons. The van der Waals surface area contributed by atoms with E-state index in [1.54, 1.807) is 16.9 Å². The number of H-pyrrole nitrogens is 1. The standard InChI is InChI=1S/C17H15F2N7/c1-9-6-20-14-3-2-13(25-26(9)14)11-7-21-15-12(11)8-22-16(24-15)23-10-4-17(18,19)5-10/h2-3,6-8,10H,4-5H2,1H3,(H2,21,22,23,24). The number of rotatable bonds is 3. The van der Waals surface area contributed by atoms with Crippen LogP contribution in [0.2, 0.25) is 0 Å². The Morgan fingerprint density at radius 2 is 2.08 bits per heavy atom. The molecular weight excluding hydrogens is 340 g/mol. The van der Waals surface area contributed by atoms with Crippen molar-refractivity contribution in [2.24, 2.45) is 0 Å². The third kappa shape index (κ3) is 2.39. The van der Waals surface area contributed by atoms with Crippen molar-refractivity contribution in [1.82, 2.24) is 29.5 Å². The molecule has 1 aliphatic rings. The highest BCUT2D eigenvalue weighted by molar-refractivity contribution is 5.92. The van der Waals surface area contributed by atoms with Gasteiger partial charge in [0, 0.05) is 42.2 Å². The summed E-state index contributed by atoms with van der Waals surface area (Å²) in [5.74, 6) is -2.22. The number of hydrogen-bond acceptors (Lipinski definition) is 5. The molecule has 26 heavy (non-hydrogen) atoms. The minimum atomic E-state index is -2.57. The summed E-state index contributed by atoms with van der Waals surface area (Å²) < 4.78 is 27.7. The zero-order chi connectivity index (χ0) is 17.9. The lowest BCUT2D eigenvalue weighted by Gasteiger charge is -2.35. The van der Waals surface area contributed by atoms with Crippen LogP contribution < -0.4 is 5.32 Å². The maximum Gasteiger partial charge on any atom is 0.252 e. The number of anilines is 1. The van der Waals surface area contributed by atoms with Gasteiger partial charge < -0.3 is 10.3 Å². The van der Waals surface area contributed by atoms with E-state index in [4.69, 9.17) is 0 Å². The van der Waals surface area contributed by atoms with E-state index in [2.05, 4.69) is 30.4 Å². The second-order valence-electron chi connectivity index (χ2n) is 6.65. The van der Waals surface area contributed by atoms with Crippen LogP contribution >= 0.6 is 0 Å². The van der Waals surface area contributed by atoms with Gasteiger partial charge in [0.05, 0.1) is 17.6 Å². The first-order valence-corrected chi connectivity index (χ1v) is 8.29. The molecule has 0 aromatic carbocycles. The molecule has 0 unspecified atom stereocenters. The Morgan fingerprint density at radius 1 is 1.23 bits per heavy atom. The second-order valence-corrected chi connectivity index (χ2v) is 6.65. The van der Waals surface area contributed by atoms with Gasteiger partial charge in [-0.15, -0.1) is 0 Å². The number of halogens is 2. The topological polar surface area (TPSA) is 83.8 Å². The third-order valence-electron chi connectivity index (χ3n) is 4.66. The van der Waals surface area contributed by atoms with Gasteiger partial charge >= 0.3 is 0 Å². The van der Waals surface area contributed by atoms with E-state index < -0.39 is 5.92 Å². The molecule has 7 nitrogen and oxygen atoms in total. The first-order chi connectivity index (χ1) is 12.5. The molecule has 9 heteroatoms. The van der Waals surface area contributed by atoms with Gasteiger partial charge in [0.25, 0.3) is 5.92 Å². The molecule has 4 heterocycles. The van der Waals surface area contributed by atoms with Crippen LogP contribution in [0, 0.1) is 6.92 Å². The van der Waals surface area contributed by atoms with Crippen molar-refractivity contribution in [3.05, 3.63) is 36.4 Å². The SMILES string of the molecule is Cc1cnc2ccc(-c3c[nH]c4nc(NC5CC(F)(F)C5)ncc34)nn12. The maximum atomic E-state index is 13.0. The monoisotopic (exact) mass is 355 g/mol. The minimum absolute atomic E-state index is 0.182. The van der Waals surface area contributed by atoms with Crippen LogP contribution in [0.3, 0.4) is 0 Å². The van der Waals surface area contributed by atoms with Crippen molar-refractivity contribution in [2.45, 2.75) is 31.7 Å². The summed E-state index contributed by atoms with van der Waals surface area (Å²) in [6.07, 6.45) is 4.91. The number of nitrogens with one attached hydrogen (secondary N) is 2. The predicted molar refractivity (Wildman–Crippen MR) is 92.2 cm³/mol. The first kappa shape index (κ1) is 15.2. The molecule has 0 atom stereocenters. The fraction of sp³-hybridized carbons (Fsp3) is 0.294. The summed E-state index contributed by atoms with van der Waals surface area (Å²) in [5, 5.41) is 8.39. The largest absolute Gasteiger partial charge is 0.351 e. The number of fused-ring (bicyclic) bond motifs is 2. The van der Waals surface area contributed by atoms with Gasteiger partial charge in [0.1, 0.15) is 5.65 Å². The number of aryl methyl sites for hydroxylation is 1. The predicted octanol–water partition coefficient (Wildman–Crippen LogP) is 3.19. The molecule has 0 aliphatic heterocycles. The number of imidazole rings is 1. The maximum absolute atomic E-state index is 13.0. The minimum Gasteiger partial charge on any atom is -0.351 e. The fourth-order valence-corrected chi connectivity index (χ4v) is 3.27. The molecule has 1 aliphatic carbocycles. The Labute approximate surface area is 146 Å². The molecule has 0 saturated heterocycles. The average Bonchev–Trinajstić information content (AvgIpc) is 3.16. The van der Waals surface area contributed by atoms with Crippen LogP contribution in [0.25, 0.3) is 27.9 Å². The van der Waals surface area contributed by atoms with Gasteiger partial charge in [-0.3, -0.25) is 0 Å². The highest BCUT2D eigenvalue weighted by atomic mass is 19.3. The summed E-state index contributed by atoms with van der Waals surface area (Å²) in [6, 6.07) is 3.51. The Bertz CT molecular complexity index is 1120. The van der Waals surface area contributed by atoms with E-state index in [9.17, 15) is 8.78 Å². The van der Waals surface area contributed by atoms with Crippen molar-refractivity contribution in [2.75, 3.05) is 5.32 Å². The van der Waals surface area contributed by atoms with Gasteiger partial charge in [0.15, 0.2) is 5.65 Å². The Morgan fingerprint density at radius 3 is 2.88 bits per heavy atom. The Kier molecular flexibility index (Phi) is 3.03. The van der Waals surface area contributed by atoms with Crippen LogP contribution in [0.15, 0.2) is 30.7 Å². The van der Waals surface area contributed by atoms with Crippen molar-refractivity contribution in [1.29, 1.82) is 0 Å². The highest BCUT2D eigenvalue weighted by Crippen LogP contribution is 2.38. The van der Waals surface area contributed by atoms with Crippen LogP contribution in [-0.2, 0) is 0 Å². The van der Waals surface area contributed by atoms with Crippen molar-refractivity contribution in [3.8, 4) is 11.3 Å². The van der Waals surface area contributed by atoms with E-state index in [0.717, 1.165) is 28.0 Å². The van der Waals surface area contributed by atoms with Crippen LogP contribution in [0.5, 0.6) is 0 Å². The summed E-state index contributed by atoms with van der Waals surface area (Å²) in [4.78, 5) is 16.0. The molecule has 0 bridgehead atoms. The lowest BCUT2D eigenvalue weighted by Crippen LogP contribution is -2.44. The van der Waals surface area contributed by atoms with Crippen molar-refractivity contribution in [3.63, 3.8) is 0 Å². The van der Waals surface area contributed by atoms with E-state index in [0.29, 0.717) is 11.6 Å². The Hall–Kier alpha value is -3.10. The number of hydrogen-bond donors (Lipinski definition) is 2. The fourth-order valence-electron chi connectivity index (χ4n) is 3.27. The molecule has 0 amide bonds.